The molecule has 38 heavy (non-hydrogen) atoms. The number of hydrogen-bond acceptors (Lipinski definition) is 6. The number of nitrogens with zero attached hydrogens (tertiary/aromatic N) is 3. The van der Waals surface area contributed by atoms with Crippen LogP contribution in [0.15, 0.2) is 42.6 Å². The van der Waals surface area contributed by atoms with Crippen LogP contribution in [0.2, 0.25) is 0 Å². The van der Waals surface area contributed by atoms with Gasteiger partial charge in [0.25, 0.3) is 5.91 Å². The Morgan fingerprint density at radius 3 is 2.42 bits per heavy atom. The first-order valence-corrected chi connectivity index (χ1v) is 12.4. The standard InChI is InChI=1S/C25H26F6N4O2S/c1-5-35(14(2)3)13-17-9-7-11-32-19(17)23-34-21(24(26,27)28)20(38-23)22(36)33-15(4)16-8-6-10-18(12-16)37-25(29,30)31/h6-12,14-15H,5,13H2,1-4H3,(H,33,36). The maximum Gasteiger partial charge on any atom is 0.573 e. The van der Waals surface area contributed by atoms with Gasteiger partial charge >= 0.3 is 12.5 Å². The van der Waals surface area contributed by atoms with Crippen LogP contribution in [0, 0.1) is 0 Å². The molecule has 1 aromatic carbocycles. The molecule has 2 aromatic heterocycles. The summed E-state index contributed by atoms with van der Waals surface area (Å²) >= 11 is 0.555. The van der Waals surface area contributed by atoms with Crippen molar-refractivity contribution in [2.45, 2.75) is 58.9 Å². The molecular weight excluding hydrogens is 534 g/mol. The van der Waals surface area contributed by atoms with E-state index >= 15 is 0 Å². The zero-order valence-corrected chi connectivity index (χ0v) is 21.8. The average Bonchev–Trinajstić information content (AvgIpc) is 3.28. The minimum absolute atomic E-state index is 0.0638. The van der Waals surface area contributed by atoms with E-state index in [1.165, 1.54) is 25.3 Å². The van der Waals surface area contributed by atoms with Gasteiger partial charge in [-0.25, -0.2) is 4.98 Å². The van der Waals surface area contributed by atoms with Crippen LogP contribution in [-0.4, -0.2) is 39.7 Å². The molecule has 0 radical (unpaired) electrons. The zero-order valence-electron chi connectivity index (χ0n) is 20.9. The zero-order chi connectivity index (χ0) is 28.3. The smallest absolute Gasteiger partial charge is 0.406 e. The molecule has 0 spiro atoms. The van der Waals surface area contributed by atoms with E-state index < -0.39 is 40.8 Å². The Labute approximate surface area is 219 Å². The number of halogens is 6. The molecule has 1 N–H and O–H groups in total. The molecule has 0 aliphatic rings. The van der Waals surface area contributed by atoms with Crippen molar-refractivity contribution in [1.82, 2.24) is 20.2 Å². The molecule has 2 heterocycles. The van der Waals surface area contributed by atoms with Crippen molar-refractivity contribution < 1.29 is 35.9 Å². The van der Waals surface area contributed by atoms with E-state index in [9.17, 15) is 31.1 Å². The summed E-state index contributed by atoms with van der Waals surface area (Å²) in [5, 5.41) is 2.35. The predicted octanol–water partition coefficient (Wildman–Crippen LogP) is 6.84. The van der Waals surface area contributed by atoms with Gasteiger partial charge in [-0.15, -0.1) is 24.5 Å². The molecule has 3 rings (SSSR count). The van der Waals surface area contributed by atoms with Crippen molar-refractivity contribution in [1.29, 1.82) is 0 Å². The molecule has 1 amide bonds. The Kier molecular flexibility index (Phi) is 9.03. The highest BCUT2D eigenvalue weighted by molar-refractivity contribution is 7.17. The van der Waals surface area contributed by atoms with E-state index in [0.29, 0.717) is 30.0 Å². The lowest BCUT2D eigenvalue weighted by atomic mass is 10.1. The van der Waals surface area contributed by atoms with E-state index in [4.69, 9.17) is 0 Å². The first kappa shape index (κ1) is 29.4. The second-order valence-corrected chi connectivity index (χ2v) is 9.68. The van der Waals surface area contributed by atoms with Gasteiger partial charge in [0.05, 0.1) is 6.04 Å². The molecule has 206 valence electrons. The van der Waals surface area contributed by atoms with Crippen LogP contribution in [0.1, 0.15) is 60.2 Å². The summed E-state index contributed by atoms with van der Waals surface area (Å²) in [4.78, 5) is 22.4. The fourth-order valence-electron chi connectivity index (χ4n) is 3.73. The van der Waals surface area contributed by atoms with Crippen LogP contribution in [0.25, 0.3) is 10.7 Å². The lowest BCUT2D eigenvalue weighted by Crippen LogP contribution is -2.30. The van der Waals surface area contributed by atoms with Gasteiger partial charge < -0.3 is 10.1 Å². The number of hydrogen-bond donors (Lipinski definition) is 1. The number of ether oxygens (including phenoxy) is 1. The highest BCUT2D eigenvalue weighted by Crippen LogP contribution is 2.38. The molecule has 0 aliphatic carbocycles. The summed E-state index contributed by atoms with van der Waals surface area (Å²) in [5.41, 5.74) is -0.249. The van der Waals surface area contributed by atoms with Gasteiger partial charge in [-0.3, -0.25) is 14.7 Å². The summed E-state index contributed by atoms with van der Waals surface area (Å²) in [6, 6.07) is 7.51. The number of benzene rings is 1. The number of aromatic nitrogens is 2. The van der Waals surface area contributed by atoms with Crippen LogP contribution < -0.4 is 10.1 Å². The molecule has 6 nitrogen and oxygen atoms in total. The summed E-state index contributed by atoms with van der Waals surface area (Å²) in [6.45, 7) is 8.53. The molecule has 13 heteroatoms. The minimum atomic E-state index is -4.92. The van der Waals surface area contributed by atoms with Crippen LogP contribution in [0.5, 0.6) is 5.75 Å². The predicted molar refractivity (Wildman–Crippen MR) is 131 cm³/mol. The lowest BCUT2D eigenvalue weighted by Gasteiger charge is -2.25. The summed E-state index contributed by atoms with van der Waals surface area (Å²) < 4.78 is 83.2. The van der Waals surface area contributed by atoms with Crippen molar-refractivity contribution in [3.05, 3.63) is 64.3 Å². The average molecular weight is 561 g/mol. The summed E-state index contributed by atoms with van der Waals surface area (Å²) in [6.07, 6.45) is -8.40. The Balaban J connectivity index is 1.93. The second-order valence-electron chi connectivity index (χ2n) is 8.68. The summed E-state index contributed by atoms with van der Waals surface area (Å²) in [7, 11) is 0. The first-order valence-electron chi connectivity index (χ1n) is 11.6. The number of alkyl halides is 6. The van der Waals surface area contributed by atoms with Crippen LogP contribution in [0.3, 0.4) is 0 Å². The van der Waals surface area contributed by atoms with Gasteiger partial charge in [0.2, 0.25) is 0 Å². The molecule has 0 fully saturated rings. The maximum atomic E-state index is 13.9. The SMILES string of the molecule is CCN(Cc1cccnc1-c1nc(C(F)(F)F)c(C(=O)NC(C)c2cccc(OC(F)(F)F)c2)s1)C(C)C. The molecule has 1 atom stereocenters. The Morgan fingerprint density at radius 2 is 1.82 bits per heavy atom. The van der Waals surface area contributed by atoms with Crippen LogP contribution in [-0.2, 0) is 12.7 Å². The van der Waals surface area contributed by atoms with E-state index in [1.54, 1.807) is 12.1 Å². The van der Waals surface area contributed by atoms with Gasteiger partial charge in [0.1, 0.15) is 21.3 Å². The van der Waals surface area contributed by atoms with E-state index in [0.717, 1.165) is 12.1 Å². The fraction of sp³-hybridized carbons (Fsp3) is 0.400. The van der Waals surface area contributed by atoms with Crippen LogP contribution >= 0.6 is 11.3 Å². The molecule has 3 aromatic rings. The number of carbonyl (C=O) groups excluding carboxylic acids is 1. The van der Waals surface area contributed by atoms with E-state index in [2.05, 4.69) is 24.9 Å². The highest BCUT2D eigenvalue weighted by Gasteiger charge is 2.40. The minimum Gasteiger partial charge on any atom is -0.406 e. The number of amides is 1. The monoisotopic (exact) mass is 560 g/mol. The number of nitrogens with one attached hydrogen (secondary N) is 1. The van der Waals surface area contributed by atoms with Crippen molar-refractivity contribution in [3.63, 3.8) is 0 Å². The first-order chi connectivity index (χ1) is 17.7. The number of pyridine rings is 1. The number of rotatable bonds is 9. The van der Waals surface area contributed by atoms with Crippen molar-refractivity contribution in [3.8, 4) is 16.5 Å². The molecule has 0 saturated heterocycles. The molecule has 0 saturated carbocycles. The Hall–Kier alpha value is -3.19. The van der Waals surface area contributed by atoms with Gasteiger partial charge in [0.15, 0.2) is 5.69 Å². The third kappa shape index (κ3) is 7.44. The summed E-state index contributed by atoms with van der Waals surface area (Å²) in [5.74, 6) is -1.58. The quantitative estimate of drug-likeness (QED) is 0.290. The largest absolute Gasteiger partial charge is 0.573 e. The lowest BCUT2D eigenvalue weighted by molar-refractivity contribution is -0.274. The van der Waals surface area contributed by atoms with Gasteiger partial charge in [-0.05, 0) is 56.6 Å². The van der Waals surface area contributed by atoms with Crippen LogP contribution in [0.4, 0.5) is 26.3 Å². The van der Waals surface area contributed by atoms with E-state index in [1.807, 2.05) is 20.8 Å². The fourth-order valence-corrected chi connectivity index (χ4v) is 4.75. The molecule has 1 unspecified atom stereocenters. The molecular formula is C25H26F6N4O2S. The van der Waals surface area contributed by atoms with Gasteiger partial charge in [-0.2, -0.15) is 13.2 Å². The van der Waals surface area contributed by atoms with Crippen molar-refractivity contribution >= 4 is 17.2 Å². The second kappa shape index (κ2) is 11.7. The number of thiazole rings is 1. The Morgan fingerprint density at radius 1 is 1.11 bits per heavy atom. The Bertz CT molecular complexity index is 1260. The van der Waals surface area contributed by atoms with Crippen molar-refractivity contribution in [2.75, 3.05) is 6.54 Å². The maximum absolute atomic E-state index is 13.9. The third-order valence-corrected chi connectivity index (χ3v) is 6.71. The normalized spacial score (nSPS) is 13.2. The van der Waals surface area contributed by atoms with E-state index in [-0.39, 0.29) is 22.3 Å². The highest BCUT2D eigenvalue weighted by atomic mass is 32.1. The number of carbonyl (C=O) groups is 1. The van der Waals surface area contributed by atoms with Crippen molar-refractivity contribution in [2.24, 2.45) is 0 Å². The topological polar surface area (TPSA) is 67.4 Å². The van der Waals surface area contributed by atoms with Gasteiger partial charge in [-0.1, -0.05) is 25.1 Å². The molecule has 0 aliphatic heterocycles. The third-order valence-electron chi connectivity index (χ3n) is 5.64. The van der Waals surface area contributed by atoms with Gasteiger partial charge in [0, 0.05) is 18.8 Å². The molecule has 0 bridgehead atoms.